The Kier molecular flexibility index (Phi) is 22.2. The van der Waals surface area contributed by atoms with Crippen molar-refractivity contribution in [2.45, 2.75) is 85.8 Å². The van der Waals surface area contributed by atoms with Crippen LogP contribution < -0.4 is 37.9 Å². The van der Waals surface area contributed by atoms with Crippen LogP contribution in [-0.4, -0.2) is 208 Å². The predicted molar refractivity (Wildman–Crippen MR) is 264 cm³/mol. The first-order valence-electron chi connectivity index (χ1n) is 23.8. The van der Waals surface area contributed by atoms with Crippen LogP contribution in [0, 0.1) is 0 Å². The summed E-state index contributed by atoms with van der Waals surface area (Å²) in [6.07, 6.45) is -15.8. The lowest BCUT2D eigenvalue weighted by atomic mass is 9.99. The van der Waals surface area contributed by atoms with Crippen molar-refractivity contribution >= 4 is 12.2 Å². The summed E-state index contributed by atoms with van der Waals surface area (Å²) in [5.74, 6) is 0.447. The molecule has 0 saturated carbocycles. The zero-order valence-electron chi connectivity index (χ0n) is 41.6. The quantitative estimate of drug-likeness (QED) is 0.0321. The van der Waals surface area contributed by atoms with Crippen LogP contribution in [0.1, 0.15) is 34.5 Å². The molecule has 24 nitrogen and oxygen atoms in total. The molecule has 14 atom stereocenters. The van der Waals surface area contributed by atoms with Gasteiger partial charge in [-0.15, -0.1) is 0 Å². The van der Waals surface area contributed by atoms with Gasteiger partial charge in [-0.1, -0.05) is 48.6 Å². The average Bonchev–Trinajstić information content (AvgIpc) is 3.45. The van der Waals surface area contributed by atoms with Gasteiger partial charge in [-0.2, -0.15) is 0 Å². The molecule has 2 fully saturated rings. The van der Waals surface area contributed by atoms with Crippen molar-refractivity contribution in [2.24, 2.45) is 0 Å². The minimum absolute atomic E-state index is 0.0239. The van der Waals surface area contributed by atoms with Crippen LogP contribution in [0.5, 0.6) is 46.0 Å². The third kappa shape index (κ3) is 14.4. The second kappa shape index (κ2) is 28.5. The van der Waals surface area contributed by atoms with Crippen LogP contribution in [0.25, 0.3) is 12.2 Å². The van der Waals surface area contributed by atoms with Crippen LogP contribution in [0.2, 0.25) is 0 Å². The highest BCUT2D eigenvalue weighted by atomic mass is 16.7. The Morgan fingerprint density at radius 3 is 1.38 bits per heavy atom. The molecular weight excluding hydrogens is 1010 g/mol. The van der Waals surface area contributed by atoms with Crippen molar-refractivity contribution < 1.29 is 118 Å². The Hall–Kier alpha value is -5.88. The molecule has 2 aliphatic rings. The first kappa shape index (κ1) is 59.4. The Labute approximate surface area is 436 Å². The highest BCUT2D eigenvalue weighted by Crippen LogP contribution is 2.39. The smallest absolute Gasteiger partial charge is 0.229 e. The number of benzene rings is 4. The van der Waals surface area contributed by atoms with Gasteiger partial charge >= 0.3 is 0 Å². The van der Waals surface area contributed by atoms with Gasteiger partial charge < -0.3 is 118 Å². The van der Waals surface area contributed by atoms with E-state index in [1.165, 1.54) is 75.9 Å². The first-order valence-corrected chi connectivity index (χ1v) is 23.8. The summed E-state index contributed by atoms with van der Waals surface area (Å²) in [6.45, 7) is -4.02. The normalized spacial score (nSPS) is 25.4. The standard InChI is InChI=1S/C52H66O24/c1-66-35-18-27(6-4-16-53)8-12-31(35)71-39(22-55)43(59)29-10-14-33(37(20-29)68-3)73-52-49(65)47(63)50(42(25-58)76-52)70-26-69-38-21-30(11-15-34(38)74-51-48(64)46(62)45(61)41(24-57)75-51)44(60)40(23-56)72-32-13-9-28(7-5-17-54)19-36(32)67-2/h4-15,18-21,39-65H,16-17,22-26H2,1-3H3/b6-4+,7-5+/t39-,40-,41+,42+,43+,44+,45+,46-,47+,48+,49+,50+,51+,52+/m0/s1. The van der Waals surface area contributed by atoms with Crippen LogP contribution in [0.15, 0.2) is 84.9 Å². The lowest BCUT2D eigenvalue weighted by Gasteiger charge is -2.41. The van der Waals surface area contributed by atoms with Gasteiger partial charge in [0.1, 0.15) is 61.0 Å². The van der Waals surface area contributed by atoms with Crippen molar-refractivity contribution in [3.8, 4) is 46.0 Å². The van der Waals surface area contributed by atoms with Crippen molar-refractivity contribution in [2.75, 3.05) is 67.8 Å². The maximum atomic E-state index is 11.6. The lowest BCUT2D eigenvalue weighted by Crippen LogP contribution is -2.61. The lowest BCUT2D eigenvalue weighted by molar-refractivity contribution is -0.292. The fourth-order valence-electron chi connectivity index (χ4n) is 8.14. The van der Waals surface area contributed by atoms with Gasteiger partial charge in [0.2, 0.25) is 12.6 Å². The van der Waals surface area contributed by atoms with E-state index in [1.54, 1.807) is 42.5 Å². The van der Waals surface area contributed by atoms with Crippen LogP contribution in [-0.2, 0) is 14.2 Å². The molecule has 0 unspecified atom stereocenters. The van der Waals surface area contributed by atoms with E-state index in [0.717, 1.165) is 0 Å². The fraction of sp³-hybridized carbons (Fsp3) is 0.462. The molecule has 4 aromatic carbocycles. The third-order valence-corrected chi connectivity index (χ3v) is 12.3. The summed E-state index contributed by atoms with van der Waals surface area (Å²) in [4.78, 5) is 0. The molecule has 2 heterocycles. The number of aliphatic hydroxyl groups is 13. The van der Waals surface area contributed by atoms with Gasteiger partial charge in [-0.25, -0.2) is 0 Å². The van der Waals surface area contributed by atoms with E-state index in [0.29, 0.717) is 16.9 Å². The van der Waals surface area contributed by atoms with E-state index >= 15 is 0 Å². The molecule has 418 valence electrons. The maximum Gasteiger partial charge on any atom is 0.229 e. The number of methoxy groups -OCH3 is 3. The van der Waals surface area contributed by atoms with Gasteiger partial charge in [-0.05, 0) is 70.8 Å². The molecule has 0 radical (unpaired) electrons. The van der Waals surface area contributed by atoms with Crippen LogP contribution in [0.3, 0.4) is 0 Å². The summed E-state index contributed by atoms with van der Waals surface area (Å²) in [6, 6.07) is 17.8. The summed E-state index contributed by atoms with van der Waals surface area (Å²) in [7, 11) is 4.11. The van der Waals surface area contributed by atoms with Crippen molar-refractivity contribution in [1.29, 1.82) is 0 Å². The van der Waals surface area contributed by atoms with E-state index < -0.39 is 119 Å². The zero-order valence-corrected chi connectivity index (χ0v) is 41.6. The topological polar surface area (TPSA) is 365 Å². The third-order valence-electron chi connectivity index (χ3n) is 12.3. The maximum absolute atomic E-state index is 11.6. The van der Waals surface area contributed by atoms with Crippen molar-refractivity contribution in [3.63, 3.8) is 0 Å². The highest BCUT2D eigenvalue weighted by Gasteiger charge is 2.48. The van der Waals surface area contributed by atoms with Gasteiger partial charge in [-0.3, -0.25) is 0 Å². The average molecular weight is 1080 g/mol. The minimum atomic E-state index is -1.85. The van der Waals surface area contributed by atoms with E-state index in [4.69, 9.17) is 62.3 Å². The van der Waals surface area contributed by atoms with Crippen LogP contribution >= 0.6 is 0 Å². The van der Waals surface area contributed by atoms with Gasteiger partial charge in [0.15, 0.2) is 65.0 Å². The van der Waals surface area contributed by atoms with Crippen molar-refractivity contribution in [3.05, 3.63) is 107 Å². The van der Waals surface area contributed by atoms with Gasteiger partial charge in [0.05, 0.1) is 61.0 Å². The number of hydrogen-bond acceptors (Lipinski definition) is 24. The highest BCUT2D eigenvalue weighted by molar-refractivity contribution is 5.57. The molecule has 2 aliphatic heterocycles. The second-order valence-electron chi connectivity index (χ2n) is 17.2. The molecule has 6 rings (SSSR count). The molecular formula is C52H66O24. The molecule has 0 bridgehead atoms. The summed E-state index contributed by atoms with van der Waals surface area (Å²) < 4.78 is 63.3. The zero-order chi connectivity index (χ0) is 55.1. The molecule has 0 spiro atoms. The molecule has 0 amide bonds. The van der Waals surface area contributed by atoms with E-state index in [1.807, 2.05) is 0 Å². The van der Waals surface area contributed by atoms with E-state index in [9.17, 15) is 56.2 Å². The molecule has 2 saturated heterocycles. The molecule has 0 aliphatic carbocycles. The molecule has 13 N–H and O–H groups in total. The SMILES string of the molecule is COc1cc([C@@H](O)[C@H](CO)Oc2ccc(/C=C/CO)cc2OC)ccc1O[C@@H]1O[C@H](CO)[C@@H](OCOc2cc([C@@H](O)[C@H](CO)Oc3ccc(/C=C/CO)cc3OC)ccc2O[C@@H]2O[C@H](CO)[C@@H](O)[C@H](O)[C@H]2O)[C@H](O)[C@H]1O. The minimum Gasteiger partial charge on any atom is -0.493 e. The van der Waals surface area contributed by atoms with Crippen molar-refractivity contribution in [1.82, 2.24) is 0 Å². The monoisotopic (exact) mass is 1070 g/mol. The Balaban J connectivity index is 1.17. The summed E-state index contributed by atoms with van der Waals surface area (Å²) >= 11 is 0. The van der Waals surface area contributed by atoms with Crippen LogP contribution in [0.4, 0.5) is 0 Å². The summed E-state index contributed by atoms with van der Waals surface area (Å²) in [5, 5.41) is 136. The first-order chi connectivity index (χ1) is 36.7. The number of aliphatic hydroxyl groups excluding tert-OH is 13. The fourth-order valence-corrected chi connectivity index (χ4v) is 8.14. The Morgan fingerprint density at radius 1 is 0.487 bits per heavy atom. The second-order valence-corrected chi connectivity index (χ2v) is 17.2. The van der Waals surface area contributed by atoms with E-state index in [-0.39, 0.29) is 64.6 Å². The molecule has 4 aromatic rings. The van der Waals surface area contributed by atoms with Gasteiger partial charge in [0, 0.05) is 0 Å². The summed E-state index contributed by atoms with van der Waals surface area (Å²) in [5.41, 5.74) is 1.65. The number of ether oxygens (including phenoxy) is 11. The Morgan fingerprint density at radius 2 is 0.921 bits per heavy atom. The molecule has 76 heavy (non-hydrogen) atoms. The molecule has 24 heteroatoms. The molecule has 0 aromatic heterocycles. The largest absolute Gasteiger partial charge is 0.493 e. The Bertz CT molecular complexity index is 2490. The van der Waals surface area contributed by atoms with E-state index in [2.05, 4.69) is 0 Å². The van der Waals surface area contributed by atoms with Gasteiger partial charge in [0.25, 0.3) is 0 Å². The number of hydrogen-bond donors (Lipinski definition) is 13. The predicted octanol–water partition coefficient (Wildman–Crippen LogP) is -0.912. The number of rotatable bonds is 27.